The van der Waals surface area contributed by atoms with Crippen molar-refractivity contribution in [2.45, 2.75) is 46.3 Å². The second kappa shape index (κ2) is 10.1. The second-order valence-corrected chi connectivity index (χ2v) is 9.54. The van der Waals surface area contributed by atoms with Crippen LogP contribution in [0.15, 0.2) is 34.9 Å². The number of nitrogens with zero attached hydrogens (tertiary/aromatic N) is 4. The lowest BCUT2D eigenvalue weighted by Crippen LogP contribution is -2.24. The third kappa shape index (κ3) is 6.01. The second-order valence-electron chi connectivity index (χ2n) is 9.11. The van der Waals surface area contributed by atoms with Crippen LogP contribution < -0.4 is 10.6 Å². The highest BCUT2D eigenvalue weighted by molar-refractivity contribution is 6.31. The Morgan fingerprint density at radius 2 is 1.89 bits per heavy atom. The predicted octanol–water partition coefficient (Wildman–Crippen LogP) is 4.12. The lowest BCUT2D eigenvalue weighted by atomic mass is 9.92. The van der Waals surface area contributed by atoms with Crippen LogP contribution in [0.3, 0.4) is 0 Å². The Balaban J connectivity index is 1.49. The molecule has 4 N–H and O–H groups in total. The molecule has 0 saturated carbocycles. The van der Waals surface area contributed by atoms with Crippen molar-refractivity contribution < 1.29 is 24.2 Å². The van der Waals surface area contributed by atoms with Gasteiger partial charge in [-0.2, -0.15) is 0 Å². The molecule has 37 heavy (non-hydrogen) atoms. The van der Waals surface area contributed by atoms with Crippen LogP contribution in [0, 0.1) is 13.8 Å². The van der Waals surface area contributed by atoms with Crippen molar-refractivity contribution in [3.63, 3.8) is 0 Å². The van der Waals surface area contributed by atoms with E-state index in [9.17, 15) is 14.7 Å². The van der Waals surface area contributed by atoms with Crippen LogP contribution in [0.25, 0.3) is 10.9 Å². The average Bonchev–Trinajstić information content (AvgIpc) is 3.25. The molecular weight excluding hydrogens is 500 g/mol. The molecule has 0 saturated heterocycles. The first kappa shape index (κ1) is 26.0. The van der Waals surface area contributed by atoms with Crippen molar-refractivity contribution in [2.75, 3.05) is 5.32 Å². The maximum atomic E-state index is 12.6. The monoisotopic (exact) mass is 524 g/mol. The third-order valence-electron chi connectivity index (χ3n) is 5.70. The third-order valence-corrected chi connectivity index (χ3v) is 5.91. The van der Waals surface area contributed by atoms with E-state index in [4.69, 9.17) is 21.1 Å². The molecule has 11 nitrogen and oxygen atoms in total. The van der Waals surface area contributed by atoms with Crippen LogP contribution in [-0.2, 0) is 18.6 Å². The quantitative estimate of drug-likeness (QED) is 0.278. The fourth-order valence-electron chi connectivity index (χ4n) is 3.99. The van der Waals surface area contributed by atoms with Gasteiger partial charge in [0.25, 0.3) is 0 Å². The zero-order chi connectivity index (χ0) is 26.9. The Morgan fingerprint density at radius 3 is 2.57 bits per heavy atom. The Bertz CT molecular complexity index is 1490. The number of rotatable bonds is 7. The van der Waals surface area contributed by atoms with E-state index in [1.807, 2.05) is 12.1 Å². The number of amides is 2. The summed E-state index contributed by atoms with van der Waals surface area (Å²) in [5.41, 5.74) is 2.96. The van der Waals surface area contributed by atoms with E-state index in [-0.39, 0.29) is 30.6 Å². The number of hydrogen-bond donors (Lipinski definition) is 4. The number of carbonyl (C=O) groups excluding carboxylic acids is 1. The van der Waals surface area contributed by atoms with Gasteiger partial charge in [-0.1, -0.05) is 17.7 Å². The van der Waals surface area contributed by atoms with E-state index in [1.165, 1.54) is 6.20 Å². The van der Waals surface area contributed by atoms with E-state index in [0.29, 0.717) is 21.8 Å². The zero-order valence-electron chi connectivity index (χ0n) is 20.6. The molecule has 0 aliphatic heterocycles. The van der Waals surface area contributed by atoms with Gasteiger partial charge in [0.05, 0.1) is 22.6 Å². The Morgan fingerprint density at radius 1 is 1.14 bits per heavy atom. The van der Waals surface area contributed by atoms with E-state index >= 15 is 0 Å². The van der Waals surface area contributed by atoms with Gasteiger partial charge in [0.2, 0.25) is 5.89 Å². The van der Waals surface area contributed by atoms with Crippen molar-refractivity contribution >= 4 is 40.3 Å². The summed E-state index contributed by atoms with van der Waals surface area (Å²) in [7, 11) is 0. The minimum Gasteiger partial charge on any atom is -0.465 e. The topological polar surface area (TPSA) is 163 Å². The summed E-state index contributed by atoms with van der Waals surface area (Å²) >= 11 is 6.12. The number of aryl methyl sites for hydroxylation is 2. The first-order chi connectivity index (χ1) is 17.4. The van der Waals surface area contributed by atoms with Crippen molar-refractivity contribution in [3.8, 4) is 0 Å². The number of fused-ring (bicyclic) bond motifs is 1. The molecular formula is C25H25ClN6O5. The summed E-state index contributed by atoms with van der Waals surface area (Å²) in [6.45, 7) is 7.00. The Kier molecular flexibility index (Phi) is 7.10. The molecule has 4 rings (SSSR count). The number of nitrogens with one attached hydrogen (secondary N) is 2. The maximum Gasteiger partial charge on any atom is 0.410 e. The number of anilines is 1. The minimum absolute atomic E-state index is 0.141. The molecule has 0 spiro atoms. The Hall–Kier alpha value is -4.09. The van der Waals surface area contributed by atoms with Gasteiger partial charge in [-0.05, 0) is 62.6 Å². The molecule has 0 bridgehead atoms. The molecule has 0 radical (unpaired) electrons. The fourth-order valence-corrected chi connectivity index (χ4v) is 4.15. The lowest BCUT2D eigenvalue weighted by Gasteiger charge is -2.20. The summed E-state index contributed by atoms with van der Waals surface area (Å²) in [5.74, 6) is -0.328. The zero-order valence-corrected chi connectivity index (χ0v) is 21.3. The summed E-state index contributed by atoms with van der Waals surface area (Å²) < 4.78 is 5.59. The molecule has 3 heterocycles. The summed E-state index contributed by atoms with van der Waals surface area (Å²) in [4.78, 5) is 32.1. The highest BCUT2D eigenvalue weighted by Gasteiger charge is 2.22. The minimum atomic E-state index is -1.21. The number of aromatic nitrogens is 4. The molecule has 192 valence electrons. The van der Waals surface area contributed by atoms with Gasteiger partial charge < -0.3 is 19.9 Å². The van der Waals surface area contributed by atoms with Crippen molar-refractivity contribution in [2.24, 2.45) is 0 Å². The largest absolute Gasteiger partial charge is 0.465 e. The van der Waals surface area contributed by atoms with Crippen LogP contribution >= 0.6 is 11.6 Å². The van der Waals surface area contributed by atoms with Gasteiger partial charge in [-0.15, -0.1) is 10.2 Å². The molecule has 0 fully saturated rings. The number of carboxylic acid groups (broad SMARTS) is 1. The van der Waals surface area contributed by atoms with E-state index in [0.717, 1.165) is 22.1 Å². The number of carbonyl (C=O) groups is 2. The Labute approximate surface area is 216 Å². The molecule has 3 aromatic heterocycles. The van der Waals surface area contributed by atoms with Gasteiger partial charge in [0, 0.05) is 29.4 Å². The van der Waals surface area contributed by atoms with Crippen molar-refractivity contribution in [1.82, 2.24) is 25.5 Å². The van der Waals surface area contributed by atoms with Crippen LogP contribution in [0.2, 0.25) is 5.02 Å². The molecule has 12 heteroatoms. The lowest BCUT2D eigenvalue weighted by molar-refractivity contribution is 0.0799. The van der Waals surface area contributed by atoms with Gasteiger partial charge in [0.1, 0.15) is 5.82 Å². The van der Waals surface area contributed by atoms with Gasteiger partial charge in [0.15, 0.2) is 0 Å². The molecule has 0 unspecified atom stereocenters. The first-order valence-electron chi connectivity index (χ1n) is 11.3. The van der Waals surface area contributed by atoms with Crippen LogP contribution in [0.5, 0.6) is 0 Å². The average molecular weight is 525 g/mol. The van der Waals surface area contributed by atoms with Crippen molar-refractivity contribution in [3.05, 3.63) is 75.2 Å². The first-order valence-corrected chi connectivity index (χ1v) is 11.7. The van der Waals surface area contributed by atoms with Gasteiger partial charge in [-0.3, -0.25) is 15.1 Å². The normalized spacial score (nSPS) is 11.5. The number of hydrogen-bond acceptors (Lipinski definition) is 8. The van der Waals surface area contributed by atoms with Gasteiger partial charge >= 0.3 is 17.9 Å². The molecule has 0 aliphatic rings. The van der Waals surface area contributed by atoms with Crippen LogP contribution in [0.4, 0.5) is 10.6 Å². The standard InChI is InChI=1S/C25H25ClN6O5/c1-12-5-19(30-24(34)35)29-13(2)17(12)11-28-22(33)23-32-31-20(37-23)8-14-6-15-9-16(26)10-27-21(15)18(7-14)25(3,4)36/h5-7,9-10,36H,8,11H2,1-4H3,(H,28,33)(H,29,30)(H,34,35). The number of halogens is 1. The van der Waals surface area contributed by atoms with E-state index in [1.54, 1.807) is 39.8 Å². The molecule has 2 amide bonds. The van der Waals surface area contributed by atoms with E-state index in [2.05, 4.69) is 30.8 Å². The van der Waals surface area contributed by atoms with Crippen LogP contribution in [0.1, 0.15) is 58.4 Å². The molecule has 1 aromatic carbocycles. The SMILES string of the molecule is Cc1cc(NC(=O)O)nc(C)c1CNC(=O)c1nnc(Cc2cc(C(C)(C)O)c3ncc(Cl)cc3c2)o1. The smallest absolute Gasteiger partial charge is 0.410 e. The number of pyridine rings is 2. The van der Waals surface area contributed by atoms with Crippen molar-refractivity contribution in [1.29, 1.82) is 0 Å². The van der Waals surface area contributed by atoms with E-state index < -0.39 is 17.6 Å². The maximum absolute atomic E-state index is 12.6. The van der Waals surface area contributed by atoms with Gasteiger partial charge in [-0.25, -0.2) is 9.78 Å². The fraction of sp³-hybridized carbons (Fsp3) is 0.280. The molecule has 0 aliphatic carbocycles. The molecule has 4 aromatic rings. The predicted molar refractivity (Wildman–Crippen MR) is 136 cm³/mol. The highest BCUT2D eigenvalue weighted by atomic mass is 35.5. The summed E-state index contributed by atoms with van der Waals surface area (Å²) in [5, 5.41) is 33.5. The molecule has 0 atom stereocenters. The number of aliphatic hydroxyl groups is 1. The number of benzene rings is 1. The summed E-state index contributed by atoms with van der Waals surface area (Å²) in [6, 6.07) is 7.03. The highest BCUT2D eigenvalue weighted by Crippen LogP contribution is 2.30. The summed E-state index contributed by atoms with van der Waals surface area (Å²) in [6.07, 6.45) is 0.550. The van der Waals surface area contributed by atoms with Crippen LogP contribution in [-0.4, -0.2) is 42.4 Å².